The van der Waals surface area contributed by atoms with E-state index in [1.54, 1.807) is 7.11 Å². The molecule has 0 amide bonds. The van der Waals surface area contributed by atoms with Gasteiger partial charge in [0, 0.05) is 20.1 Å². The van der Waals surface area contributed by atoms with Crippen LogP contribution in [-0.4, -0.2) is 19.5 Å². The predicted octanol–water partition coefficient (Wildman–Crippen LogP) is 3.06. The summed E-state index contributed by atoms with van der Waals surface area (Å²) in [6, 6.07) is 0. The molecule has 0 aromatic heterocycles. The molecule has 1 rings (SSSR count). The minimum atomic E-state index is -0.660. The van der Waals surface area contributed by atoms with Gasteiger partial charge in [-0.3, -0.25) is 0 Å². The van der Waals surface area contributed by atoms with Crippen LogP contribution in [0.25, 0.3) is 0 Å². The highest BCUT2D eigenvalue weighted by atomic mass is 35.5. The topological polar surface area (TPSA) is 18.5 Å². The smallest absolute Gasteiger partial charge is 0.205 e. The minimum absolute atomic E-state index is 0.623. The first-order valence-corrected chi connectivity index (χ1v) is 5.18. The molecule has 1 aliphatic carbocycles. The zero-order valence-corrected chi connectivity index (χ0v) is 9.06. The van der Waals surface area contributed by atoms with Crippen LogP contribution in [-0.2, 0) is 9.47 Å². The van der Waals surface area contributed by atoms with Crippen LogP contribution < -0.4 is 0 Å². The quantitative estimate of drug-likeness (QED) is 0.658. The first-order valence-electron chi connectivity index (χ1n) is 4.80. The van der Waals surface area contributed by atoms with Gasteiger partial charge in [-0.1, -0.05) is 17.7 Å². The van der Waals surface area contributed by atoms with Crippen molar-refractivity contribution < 1.29 is 9.47 Å². The summed E-state index contributed by atoms with van der Waals surface area (Å²) in [6.45, 7) is 2.58. The molecule has 0 saturated carbocycles. The average molecular weight is 205 g/mol. The van der Waals surface area contributed by atoms with Crippen LogP contribution in [0.3, 0.4) is 0 Å². The van der Waals surface area contributed by atoms with Crippen molar-refractivity contribution in [1.82, 2.24) is 0 Å². The Hall–Kier alpha value is -0.0500. The number of rotatable bonds is 3. The van der Waals surface area contributed by atoms with E-state index in [9.17, 15) is 0 Å². The van der Waals surface area contributed by atoms with Gasteiger partial charge in [0.25, 0.3) is 0 Å². The number of allylic oxidation sites excluding steroid dienone is 1. The highest BCUT2D eigenvalue weighted by Gasteiger charge is 2.34. The molecule has 0 saturated heterocycles. The first-order chi connectivity index (χ1) is 6.25. The molecule has 3 heteroatoms. The Morgan fingerprint density at radius 3 is 2.92 bits per heavy atom. The van der Waals surface area contributed by atoms with Gasteiger partial charge in [-0.15, -0.1) is 0 Å². The Morgan fingerprint density at radius 1 is 1.54 bits per heavy atom. The maximum atomic E-state index is 6.13. The molecule has 0 heterocycles. The van der Waals surface area contributed by atoms with Gasteiger partial charge in [-0.25, -0.2) is 0 Å². The second-order valence-corrected chi connectivity index (χ2v) is 3.60. The maximum Gasteiger partial charge on any atom is 0.205 e. The van der Waals surface area contributed by atoms with Crippen molar-refractivity contribution in [2.45, 2.75) is 38.4 Å². The van der Waals surface area contributed by atoms with Crippen LogP contribution in [0.4, 0.5) is 0 Å². The maximum absolute atomic E-state index is 6.13. The summed E-state index contributed by atoms with van der Waals surface area (Å²) in [5.41, 5.74) is 0. The Balaban J connectivity index is 2.78. The summed E-state index contributed by atoms with van der Waals surface area (Å²) in [6.07, 6.45) is 6.15. The normalized spacial score (nSPS) is 29.6. The van der Waals surface area contributed by atoms with E-state index in [2.05, 4.69) is 0 Å². The van der Waals surface area contributed by atoms with E-state index >= 15 is 0 Å². The average Bonchev–Trinajstić information content (AvgIpc) is 2.31. The Kier molecular flexibility index (Phi) is 4.23. The molecule has 1 aliphatic rings. The molecule has 0 fully saturated rings. The molecule has 76 valence electrons. The largest absolute Gasteiger partial charge is 0.349 e. The van der Waals surface area contributed by atoms with Crippen molar-refractivity contribution >= 4 is 11.6 Å². The fraction of sp³-hybridized carbons (Fsp3) is 0.800. The monoisotopic (exact) mass is 204 g/mol. The summed E-state index contributed by atoms with van der Waals surface area (Å²) in [4.78, 5) is 0. The van der Waals surface area contributed by atoms with Crippen molar-refractivity contribution in [2.24, 2.45) is 0 Å². The van der Waals surface area contributed by atoms with E-state index in [-0.39, 0.29) is 0 Å². The predicted molar refractivity (Wildman–Crippen MR) is 53.8 cm³/mol. The molecule has 2 nitrogen and oxygen atoms in total. The van der Waals surface area contributed by atoms with Gasteiger partial charge in [0.15, 0.2) is 0 Å². The fourth-order valence-corrected chi connectivity index (χ4v) is 1.97. The summed E-state index contributed by atoms with van der Waals surface area (Å²) in [5.74, 6) is -0.660. The van der Waals surface area contributed by atoms with Crippen LogP contribution in [0, 0.1) is 0 Å². The zero-order valence-electron chi connectivity index (χ0n) is 8.31. The summed E-state index contributed by atoms with van der Waals surface area (Å²) < 4.78 is 11.0. The molecule has 0 aliphatic heterocycles. The fourth-order valence-electron chi connectivity index (χ4n) is 1.64. The van der Waals surface area contributed by atoms with E-state index in [0.717, 1.165) is 25.7 Å². The highest BCUT2D eigenvalue weighted by molar-refractivity contribution is 6.30. The van der Waals surface area contributed by atoms with Gasteiger partial charge in [0.2, 0.25) is 5.79 Å². The standard InChI is InChI=1S/C10H17ClO2/c1-3-13-10(12-2)8-6-4-5-7-9(10)11/h7H,3-6,8H2,1-2H3. The highest BCUT2D eigenvalue weighted by Crippen LogP contribution is 2.34. The first kappa shape index (κ1) is 11.0. The van der Waals surface area contributed by atoms with Crippen LogP contribution in [0.2, 0.25) is 0 Å². The van der Waals surface area contributed by atoms with Crippen molar-refractivity contribution in [2.75, 3.05) is 13.7 Å². The second kappa shape index (κ2) is 4.99. The third-order valence-corrected chi connectivity index (χ3v) is 2.80. The molecule has 1 unspecified atom stereocenters. The summed E-state index contributed by atoms with van der Waals surface area (Å²) >= 11 is 6.13. The molecular weight excluding hydrogens is 188 g/mol. The molecule has 0 bridgehead atoms. The lowest BCUT2D eigenvalue weighted by molar-refractivity contribution is -0.192. The van der Waals surface area contributed by atoms with Crippen LogP contribution in [0.5, 0.6) is 0 Å². The molecule has 0 aromatic rings. The van der Waals surface area contributed by atoms with Crippen molar-refractivity contribution in [3.05, 3.63) is 11.1 Å². The molecular formula is C10H17ClO2. The zero-order chi connectivity index (χ0) is 9.73. The third kappa shape index (κ3) is 2.46. The molecule has 1 atom stereocenters. The third-order valence-electron chi connectivity index (χ3n) is 2.35. The molecule has 0 spiro atoms. The lowest BCUT2D eigenvalue weighted by atomic mass is 10.1. The van der Waals surface area contributed by atoms with Crippen molar-refractivity contribution in [1.29, 1.82) is 0 Å². The number of hydrogen-bond acceptors (Lipinski definition) is 2. The molecule has 0 N–H and O–H groups in total. The van der Waals surface area contributed by atoms with Crippen LogP contribution in [0.1, 0.15) is 32.6 Å². The van der Waals surface area contributed by atoms with Crippen molar-refractivity contribution in [3.8, 4) is 0 Å². The van der Waals surface area contributed by atoms with E-state index in [4.69, 9.17) is 21.1 Å². The van der Waals surface area contributed by atoms with Gasteiger partial charge in [-0.05, 0) is 26.2 Å². The minimum Gasteiger partial charge on any atom is -0.349 e. The van der Waals surface area contributed by atoms with E-state index in [1.165, 1.54) is 0 Å². The van der Waals surface area contributed by atoms with E-state index in [0.29, 0.717) is 11.6 Å². The Labute approximate surface area is 84.9 Å². The number of methoxy groups -OCH3 is 1. The van der Waals surface area contributed by atoms with Crippen LogP contribution in [0.15, 0.2) is 11.1 Å². The molecule has 0 aromatic carbocycles. The SMILES string of the molecule is CCOC1(OC)CCCCC=C1Cl. The van der Waals surface area contributed by atoms with Crippen LogP contribution >= 0.6 is 11.6 Å². The lowest BCUT2D eigenvalue weighted by Gasteiger charge is -2.30. The second-order valence-electron chi connectivity index (χ2n) is 3.19. The van der Waals surface area contributed by atoms with Gasteiger partial charge < -0.3 is 9.47 Å². The summed E-state index contributed by atoms with van der Waals surface area (Å²) in [7, 11) is 1.65. The van der Waals surface area contributed by atoms with E-state index in [1.807, 2.05) is 13.0 Å². The van der Waals surface area contributed by atoms with Gasteiger partial charge in [-0.2, -0.15) is 0 Å². The molecule has 0 radical (unpaired) electrons. The Bertz CT molecular complexity index is 191. The molecule has 13 heavy (non-hydrogen) atoms. The van der Waals surface area contributed by atoms with Gasteiger partial charge in [0.05, 0.1) is 5.03 Å². The van der Waals surface area contributed by atoms with Gasteiger partial charge in [0.1, 0.15) is 0 Å². The number of ether oxygens (including phenoxy) is 2. The van der Waals surface area contributed by atoms with E-state index < -0.39 is 5.79 Å². The van der Waals surface area contributed by atoms with Crippen molar-refractivity contribution in [3.63, 3.8) is 0 Å². The number of hydrogen-bond donors (Lipinski definition) is 0. The summed E-state index contributed by atoms with van der Waals surface area (Å²) in [5, 5.41) is 0.703. The Morgan fingerprint density at radius 2 is 2.31 bits per heavy atom. The van der Waals surface area contributed by atoms with Gasteiger partial charge >= 0.3 is 0 Å². The lowest BCUT2D eigenvalue weighted by Crippen LogP contribution is -2.35. The number of halogens is 1.